The number of esters is 1. The van der Waals surface area contributed by atoms with Crippen LogP contribution in [0, 0.1) is 10.1 Å². The maximum absolute atomic E-state index is 11.7. The van der Waals surface area contributed by atoms with Crippen LogP contribution in [-0.2, 0) is 19.1 Å². The van der Waals surface area contributed by atoms with Crippen molar-refractivity contribution in [3.05, 3.63) is 39.9 Å². The Labute approximate surface area is 187 Å². The lowest BCUT2D eigenvalue weighted by Crippen LogP contribution is -2.45. The molecular formula is C17H23Cl2N3O9. The number of aliphatic carboxylic acids is 1. The Morgan fingerprint density at radius 3 is 2.16 bits per heavy atom. The van der Waals surface area contributed by atoms with Gasteiger partial charge in [-0.3, -0.25) is 24.5 Å². The van der Waals surface area contributed by atoms with E-state index >= 15 is 0 Å². The molecule has 0 aliphatic carbocycles. The molecule has 6 N–H and O–H groups in total. The minimum atomic E-state index is -1.45. The van der Waals surface area contributed by atoms with E-state index in [9.17, 15) is 29.6 Å². The molecule has 0 spiro atoms. The first-order valence-corrected chi connectivity index (χ1v) is 9.60. The number of nitro groups is 1. The molecule has 0 aliphatic heterocycles. The van der Waals surface area contributed by atoms with Gasteiger partial charge in [0.2, 0.25) is 0 Å². The number of nitrogens with two attached hydrogens (primary N) is 1. The summed E-state index contributed by atoms with van der Waals surface area (Å²) in [4.78, 5) is 42.3. The first-order chi connectivity index (χ1) is 14.5. The van der Waals surface area contributed by atoms with Gasteiger partial charge in [0.25, 0.3) is 11.6 Å². The Bertz CT molecular complexity index is 730. The lowest BCUT2D eigenvalue weighted by Gasteiger charge is -2.24. The van der Waals surface area contributed by atoms with Gasteiger partial charge >= 0.3 is 11.9 Å². The Kier molecular flexibility index (Phi) is 14.1. The second-order valence-electron chi connectivity index (χ2n) is 5.80. The van der Waals surface area contributed by atoms with Crippen LogP contribution in [0.2, 0.25) is 0 Å². The molecule has 1 aromatic rings. The fraction of sp³-hybridized carbons (Fsp3) is 0.471. The Morgan fingerprint density at radius 2 is 1.74 bits per heavy atom. The van der Waals surface area contributed by atoms with Gasteiger partial charge in [-0.25, -0.2) is 0 Å². The highest BCUT2D eigenvalue weighted by molar-refractivity contribution is 6.53. The van der Waals surface area contributed by atoms with Crippen LogP contribution in [0.4, 0.5) is 5.69 Å². The minimum Gasteiger partial charge on any atom is -0.481 e. The monoisotopic (exact) mass is 483 g/mol. The Morgan fingerprint density at radius 1 is 1.19 bits per heavy atom. The van der Waals surface area contributed by atoms with Crippen LogP contribution in [0.1, 0.15) is 24.5 Å². The summed E-state index contributed by atoms with van der Waals surface area (Å²) in [5, 5.41) is 39.7. The highest BCUT2D eigenvalue weighted by Gasteiger charge is 2.27. The molecule has 1 rings (SSSR count). The van der Waals surface area contributed by atoms with E-state index < -0.39 is 59.2 Å². The molecule has 0 aromatic heterocycles. The number of aliphatic hydroxyl groups excluding tert-OH is 2. The highest BCUT2D eigenvalue weighted by Crippen LogP contribution is 2.21. The van der Waals surface area contributed by atoms with Gasteiger partial charge in [-0.1, -0.05) is 23.2 Å². The van der Waals surface area contributed by atoms with Gasteiger partial charge in [-0.15, -0.1) is 0 Å². The molecule has 1 aromatic carbocycles. The number of benzene rings is 1. The number of carbonyl (C=O) groups excluding carboxylic acids is 2. The van der Waals surface area contributed by atoms with Crippen molar-refractivity contribution in [2.24, 2.45) is 5.73 Å². The summed E-state index contributed by atoms with van der Waals surface area (Å²) in [6.07, 6.45) is -2.24. The van der Waals surface area contributed by atoms with E-state index in [4.69, 9.17) is 43.9 Å². The molecule has 0 radical (unpaired) electrons. The van der Waals surface area contributed by atoms with Gasteiger partial charge in [0.15, 0.2) is 4.84 Å². The third-order valence-corrected chi connectivity index (χ3v) is 3.84. The van der Waals surface area contributed by atoms with E-state index in [0.717, 1.165) is 12.1 Å². The molecule has 0 heterocycles. The number of nitro benzene ring substituents is 1. The summed E-state index contributed by atoms with van der Waals surface area (Å²) in [5.74, 6) is -2.89. The molecule has 2 atom stereocenters. The third kappa shape index (κ3) is 12.1. The van der Waals surface area contributed by atoms with Crippen LogP contribution >= 0.6 is 23.2 Å². The van der Waals surface area contributed by atoms with Gasteiger partial charge in [0, 0.05) is 18.7 Å². The van der Waals surface area contributed by atoms with E-state index in [1.165, 1.54) is 12.1 Å². The third-order valence-electron chi connectivity index (χ3n) is 3.45. The summed E-state index contributed by atoms with van der Waals surface area (Å²) in [6, 6.07) is 3.68. The van der Waals surface area contributed by atoms with Crippen LogP contribution in [0.5, 0.6) is 0 Å². The van der Waals surface area contributed by atoms with Crippen molar-refractivity contribution >= 4 is 46.7 Å². The molecule has 0 fully saturated rings. The number of amides is 1. The number of nitrogens with zero attached hydrogens (tertiary/aromatic N) is 1. The number of rotatable bonds is 11. The van der Waals surface area contributed by atoms with Crippen molar-refractivity contribution in [3.63, 3.8) is 0 Å². The van der Waals surface area contributed by atoms with Crippen molar-refractivity contribution in [2.45, 2.75) is 29.8 Å². The molecule has 0 aliphatic rings. The summed E-state index contributed by atoms with van der Waals surface area (Å²) in [6.45, 7) is -0.0250. The molecule has 1 amide bonds. The van der Waals surface area contributed by atoms with E-state index in [2.05, 4.69) is 5.32 Å². The quantitative estimate of drug-likeness (QED) is 0.125. The number of carboxylic acid groups (broad SMARTS) is 1. The van der Waals surface area contributed by atoms with Crippen molar-refractivity contribution in [2.75, 3.05) is 19.8 Å². The summed E-state index contributed by atoms with van der Waals surface area (Å²) in [5.41, 5.74) is 4.78. The predicted octanol–water partition coefficient (Wildman–Crippen LogP) is 0.262. The molecule has 12 nitrogen and oxygen atoms in total. The van der Waals surface area contributed by atoms with Crippen molar-refractivity contribution in [1.29, 1.82) is 0 Å². The molecule has 0 bridgehead atoms. The Balaban J connectivity index is 0.00000206. The number of hydrogen-bond donors (Lipinski definition) is 5. The van der Waals surface area contributed by atoms with Gasteiger partial charge in [-0.05, 0) is 17.7 Å². The van der Waals surface area contributed by atoms with Crippen molar-refractivity contribution in [3.8, 4) is 0 Å². The summed E-state index contributed by atoms with van der Waals surface area (Å²) >= 11 is 10.9. The normalized spacial score (nSPS) is 12.2. The second kappa shape index (κ2) is 15.3. The average Bonchev–Trinajstić information content (AvgIpc) is 2.74. The first kappa shape index (κ1) is 28.5. The lowest BCUT2D eigenvalue weighted by atomic mass is 10.0. The number of aliphatic hydroxyl groups is 2. The molecule has 0 unspecified atom stereocenters. The minimum absolute atomic E-state index is 0.0972. The molecule has 31 heavy (non-hydrogen) atoms. The first-order valence-electron chi connectivity index (χ1n) is 8.72. The number of hydrogen-bond acceptors (Lipinski definition) is 9. The number of ether oxygens (including phenoxy) is 1. The maximum atomic E-state index is 11.7. The fourth-order valence-electron chi connectivity index (χ4n) is 1.95. The number of halogens is 2. The molecule has 0 saturated carbocycles. The zero-order chi connectivity index (χ0) is 24.0. The standard InChI is InChI=1S/C15H16Cl2N2O8.C2H7NO/c16-14(17)15(24)18-10(7-27-12(22)6-5-11(20)21)13(23)8-1-3-9(4-2-8)19(25)26;3-1-2-4/h1-4,10,13-14,23H,5-7H2,(H,18,24)(H,20,21);4H,1-3H2/t10-,13-;/m1./s1. The topological polar surface area (TPSA) is 202 Å². The van der Waals surface area contributed by atoms with Gasteiger partial charge in [-0.2, -0.15) is 0 Å². The van der Waals surface area contributed by atoms with Gasteiger partial charge in [0.1, 0.15) is 12.7 Å². The van der Waals surface area contributed by atoms with E-state index in [1.54, 1.807) is 0 Å². The average molecular weight is 484 g/mol. The summed E-state index contributed by atoms with van der Waals surface area (Å²) in [7, 11) is 0. The van der Waals surface area contributed by atoms with Gasteiger partial charge < -0.3 is 31.1 Å². The largest absolute Gasteiger partial charge is 0.481 e. The molecular weight excluding hydrogens is 461 g/mol. The fourth-order valence-corrected chi connectivity index (χ4v) is 2.07. The molecule has 0 saturated heterocycles. The van der Waals surface area contributed by atoms with Crippen LogP contribution in [0.3, 0.4) is 0 Å². The van der Waals surface area contributed by atoms with Crippen LogP contribution in [-0.4, -0.2) is 68.7 Å². The maximum Gasteiger partial charge on any atom is 0.306 e. The van der Waals surface area contributed by atoms with Crippen molar-refractivity contribution < 1.29 is 39.4 Å². The van der Waals surface area contributed by atoms with Gasteiger partial charge in [0.05, 0.1) is 30.4 Å². The second-order valence-corrected chi connectivity index (χ2v) is 6.89. The van der Waals surface area contributed by atoms with E-state index in [0.29, 0.717) is 6.54 Å². The summed E-state index contributed by atoms with van der Waals surface area (Å²) < 4.78 is 4.87. The smallest absolute Gasteiger partial charge is 0.306 e. The molecule has 14 heteroatoms. The number of carboxylic acids is 1. The number of alkyl halides is 2. The SMILES string of the molecule is NCCO.O=C(O)CCC(=O)OC[C@@H](NC(=O)C(Cl)Cl)[C@H](O)c1ccc([N+](=O)[O-])cc1. The van der Waals surface area contributed by atoms with Crippen molar-refractivity contribution in [1.82, 2.24) is 5.32 Å². The number of nitrogens with one attached hydrogen (secondary N) is 1. The van der Waals surface area contributed by atoms with Crippen LogP contribution in [0.25, 0.3) is 0 Å². The van der Waals surface area contributed by atoms with E-state index in [1.807, 2.05) is 0 Å². The predicted molar refractivity (Wildman–Crippen MR) is 109 cm³/mol. The Hall–Kier alpha value is -2.51. The lowest BCUT2D eigenvalue weighted by molar-refractivity contribution is -0.384. The zero-order valence-corrected chi connectivity index (χ0v) is 17.7. The number of non-ortho nitro benzene ring substituents is 1. The number of carbonyl (C=O) groups is 3. The van der Waals surface area contributed by atoms with Crippen LogP contribution in [0.15, 0.2) is 24.3 Å². The zero-order valence-electron chi connectivity index (χ0n) is 16.1. The van der Waals surface area contributed by atoms with Crippen LogP contribution < -0.4 is 11.1 Å². The highest BCUT2D eigenvalue weighted by atomic mass is 35.5. The van der Waals surface area contributed by atoms with E-state index in [-0.39, 0.29) is 17.9 Å². The molecule has 174 valence electrons.